The number of carbonyl (C=O) groups is 1. The zero-order valence-electron chi connectivity index (χ0n) is 9.30. The average Bonchev–Trinajstić information content (AvgIpc) is 2.35. The van der Waals surface area contributed by atoms with Gasteiger partial charge in [0.2, 0.25) is 0 Å². The van der Waals surface area contributed by atoms with Gasteiger partial charge in [-0.15, -0.1) is 0 Å². The van der Waals surface area contributed by atoms with E-state index in [1.807, 2.05) is 0 Å². The lowest BCUT2D eigenvalue weighted by Gasteiger charge is -2.07. The fraction of sp³-hybridized carbons (Fsp3) is 0.182. The van der Waals surface area contributed by atoms with Crippen molar-refractivity contribution in [1.82, 2.24) is 9.97 Å². The van der Waals surface area contributed by atoms with Gasteiger partial charge in [0.15, 0.2) is 0 Å². The van der Waals surface area contributed by atoms with Crippen molar-refractivity contribution in [3.8, 4) is 11.8 Å². The van der Waals surface area contributed by atoms with Crippen molar-refractivity contribution in [3.63, 3.8) is 0 Å². The first-order valence-corrected chi connectivity index (χ1v) is 4.79. The lowest BCUT2D eigenvalue weighted by atomic mass is 10.2. The van der Waals surface area contributed by atoms with Crippen molar-refractivity contribution >= 4 is 17.0 Å². The van der Waals surface area contributed by atoms with Crippen LogP contribution in [0.3, 0.4) is 0 Å². The highest BCUT2D eigenvalue weighted by molar-refractivity contribution is 6.00. The van der Waals surface area contributed by atoms with Crippen molar-refractivity contribution in [2.24, 2.45) is 0 Å². The van der Waals surface area contributed by atoms with Crippen LogP contribution in [0.15, 0.2) is 18.2 Å². The highest BCUT2D eigenvalue weighted by Gasteiger charge is 2.15. The molecule has 0 amide bonds. The van der Waals surface area contributed by atoms with Crippen LogP contribution in [0.5, 0.6) is 11.8 Å². The predicted octanol–water partition coefficient (Wildman–Crippen LogP) is 1.35. The smallest absolute Gasteiger partial charge is 0.337 e. The van der Waals surface area contributed by atoms with Crippen LogP contribution in [-0.2, 0) is 0 Å². The van der Waals surface area contributed by atoms with E-state index in [1.165, 1.54) is 20.3 Å². The molecule has 0 bridgehead atoms. The van der Waals surface area contributed by atoms with Gasteiger partial charge in [-0.2, -0.15) is 0 Å². The minimum absolute atomic E-state index is 0.0796. The number of methoxy groups -OCH3 is 2. The molecule has 2 aromatic rings. The van der Waals surface area contributed by atoms with Crippen molar-refractivity contribution < 1.29 is 19.4 Å². The SMILES string of the molecule is COc1nc2cccc(C(=O)O)c2nc1OC. The van der Waals surface area contributed by atoms with Gasteiger partial charge in [-0.1, -0.05) is 6.07 Å². The topological polar surface area (TPSA) is 81.5 Å². The monoisotopic (exact) mass is 234 g/mol. The van der Waals surface area contributed by atoms with Crippen molar-refractivity contribution in [1.29, 1.82) is 0 Å². The van der Waals surface area contributed by atoms with Crippen LogP contribution in [0.2, 0.25) is 0 Å². The Bertz CT molecular complexity index is 583. The quantitative estimate of drug-likeness (QED) is 0.863. The van der Waals surface area contributed by atoms with Gasteiger partial charge in [0, 0.05) is 0 Å². The number of nitrogens with zero attached hydrogens (tertiary/aromatic N) is 2. The number of carboxylic acid groups (broad SMARTS) is 1. The van der Waals surface area contributed by atoms with Gasteiger partial charge in [-0.25, -0.2) is 14.8 Å². The Balaban J connectivity index is 2.78. The van der Waals surface area contributed by atoms with E-state index in [0.29, 0.717) is 5.52 Å². The summed E-state index contributed by atoms with van der Waals surface area (Å²) in [7, 11) is 2.86. The number of ether oxygens (including phenoxy) is 2. The number of fused-ring (bicyclic) bond motifs is 1. The fourth-order valence-electron chi connectivity index (χ4n) is 1.48. The molecule has 1 aromatic carbocycles. The molecule has 0 atom stereocenters. The van der Waals surface area contributed by atoms with E-state index < -0.39 is 5.97 Å². The molecular formula is C11H10N2O4. The average molecular weight is 234 g/mol. The minimum Gasteiger partial charge on any atom is -0.478 e. The molecule has 6 nitrogen and oxygen atoms in total. The van der Waals surface area contributed by atoms with E-state index in [-0.39, 0.29) is 22.8 Å². The third kappa shape index (κ3) is 1.84. The third-order valence-electron chi connectivity index (χ3n) is 2.25. The summed E-state index contributed by atoms with van der Waals surface area (Å²) in [6.07, 6.45) is 0. The van der Waals surface area contributed by atoms with Crippen LogP contribution in [0.25, 0.3) is 11.0 Å². The van der Waals surface area contributed by atoms with Crippen LogP contribution < -0.4 is 9.47 Å². The molecule has 0 unspecified atom stereocenters. The standard InChI is InChI=1S/C11H10N2O4/c1-16-9-10(17-2)13-8-6(11(14)15)4-3-5-7(8)12-9/h3-5H,1-2H3,(H,14,15). The van der Waals surface area contributed by atoms with E-state index >= 15 is 0 Å². The first-order chi connectivity index (χ1) is 8.17. The number of aromatic nitrogens is 2. The van der Waals surface area contributed by atoms with E-state index in [4.69, 9.17) is 14.6 Å². The predicted molar refractivity (Wildman–Crippen MR) is 59.6 cm³/mol. The highest BCUT2D eigenvalue weighted by atomic mass is 16.5. The minimum atomic E-state index is -1.06. The molecule has 88 valence electrons. The molecule has 1 N–H and O–H groups in total. The molecule has 17 heavy (non-hydrogen) atoms. The number of rotatable bonds is 3. The van der Waals surface area contributed by atoms with Gasteiger partial charge in [0.25, 0.3) is 11.8 Å². The third-order valence-corrected chi connectivity index (χ3v) is 2.25. The number of hydrogen-bond donors (Lipinski definition) is 1. The van der Waals surface area contributed by atoms with Gasteiger partial charge in [-0.05, 0) is 12.1 Å². The summed E-state index contributed by atoms with van der Waals surface area (Å²) in [5.41, 5.74) is 0.802. The molecule has 0 aliphatic carbocycles. The first-order valence-electron chi connectivity index (χ1n) is 4.79. The maximum Gasteiger partial charge on any atom is 0.337 e. The first kappa shape index (κ1) is 11.1. The Morgan fingerprint density at radius 3 is 2.41 bits per heavy atom. The Kier molecular flexibility index (Phi) is 2.78. The van der Waals surface area contributed by atoms with Crippen molar-refractivity contribution in [2.45, 2.75) is 0 Å². The second kappa shape index (κ2) is 4.25. The molecule has 6 heteroatoms. The molecule has 0 spiro atoms. The summed E-state index contributed by atoms with van der Waals surface area (Å²) >= 11 is 0. The normalized spacial score (nSPS) is 10.2. The summed E-state index contributed by atoms with van der Waals surface area (Å²) in [6, 6.07) is 4.73. The Hall–Kier alpha value is -2.37. The molecule has 0 saturated carbocycles. The van der Waals surface area contributed by atoms with Crippen LogP contribution in [0.1, 0.15) is 10.4 Å². The molecule has 0 saturated heterocycles. The Morgan fingerprint density at radius 1 is 1.18 bits per heavy atom. The summed E-state index contributed by atoms with van der Waals surface area (Å²) in [4.78, 5) is 19.3. The second-order valence-electron chi connectivity index (χ2n) is 3.22. The molecule has 1 heterocycles. The molecule has 0 aliphatic rings. The number of benzene rings is 1. The number of hydrogen-bond acceptors (Lipinski definition) is 5. The molecule has 0 fully saturated rings. The zero-order chi connectivity index (χ0) is 12.4. The van der Waals surface area contributed by atoms with Crippen LogP contribution in [0.4, 0.5) is 0 Å². The van der Waals surface area contributed by atoms with Gasteiger partial charge in [0.1, 0.15) is 5.52 Å². The molecular weight excluding hydrogens is 224 g/mol. The highest BCUT2D eigenvalue weighted by Crippen LogP contribution is 2.26. The lowest BCUT2D eigenvalue weighted by Crippen LogP contribution is -2.02. The fourth-order valence-corrected chi connectivity index (χ4v) is 1.48. The summed E-state index contributed by atoms with van der Waals surface area (Å²) in [5.74, 6) is -0.673. The number of aromatic carboxylic acids is 1. The van der Waals surface area contributed by atoms with E-state index in [1.54, 1.807) is 12.1 Å². The largest absolute Gasteiger partial charge is 0.478 e. The van der Waals surface area contributed by atoms with Crippen molar-refractivity contribution in [3.05, 3.63) is 23.8 Å². The molecule has 1 aromatic heterocycles. The van der Waals surface area contributed by atoms with Crippen LogP contribution >= 0.6 is 0 Å². The molecule has 2 rings (SSSR count). The van der Waals surface area contributed by atoms with Crippen LogP contribution in [-0.4, -0.2) is 35.3 Å². The summed E-state index contributed by atoms with van der Waals surface area (Å²) < 4.78 is 9.99. The number of para-hydroxylation sites is 1. The lowest BCUT2D eigenvalue weighted by molar-refractivity contribution is 0.0699. The van der Waals surface area contributed by atoms with Gasteiger partial charge in [-0.3, -0.25) is 0 Å². The van der Waals surface area contributed by atoms with Crippen LogP contribution in [0, 0.1) is 0 Å². The second-order valence-corrected chi connectivity index (χ2v) is 3.22. The summed E-state index contributed by atoms with van der Waals surface area (Å²) in [6.45, 7) is 0. The molecule has 0 radical (unpaired) electrons. The van der Waals surface area contributed by atoms with Gasteiger partial charge in [0.05, 0.1) is 25.3 Å². The van der Waals surface area contributed by atoms with Gasteiger partial charge < -0.3 is 14.6 Å². The summed E-state index contributed by atoms with van der Waals surface area (Å²) in [5, 5.41) is 9.03. The molecule has 0 aliphatic heterocycles. The van der Waals surface area contributed by atoms with E-state index in [9.17, 15) is 4.79 Å². The maximum absolute atomic E-state index is 11.0. The van der Waals surface area contributed by atoms with E-state index in [0.717, 1.165) is 0 Å². The zero-order valence-corrected chi connectivity index (χ0v) is 9.30. The Labute approximate surface area is 96.8 Å². The maximum atomic E-state index is 11.0. The van der Waals surface area contributed by atoms with Gasteiger partial charge >= 0.3 is 5.97 Å². The Morgan fingerprint density at radius 2 is 1.82 bits per heavy atom. The van der Waals surface area contributed by atoms with Crippen molar-refractivity contribution in [2.75, 3.05) is 14.2 Å². The number of carboxylic acids is 1. The van der Waals surface area contributed by atoms with E-state index in [2.05, 4.69) is 9.97 Å².